The van der Waals surface area contributed by atoms with Gasteiger partial charge in [-0.1, -0.05) is 26.0 Å². The smallest absolute Gasteiger partial charge is 0.311 e. The highest BCUT2D eigenvalue weighted by atomic mass is 32.2. The molecule has 8 nitrogen and oxygen atoms in total. The lowest BCUT2D eigenvalue weighted by molar-refractivity contribution is -0.385. The monoisotopic (exact) mass is 424 g/mol. The van der Waals surface area contributed by atoms with Crippen molar-refractivity contribution in [2.75, 3.05) is 13.1 Å². The van der Waals surface area contributed by atoms with Crippen LogP contribution >= 0.6 is 0 Å². The fourth-order valence-corrected chi connectivity index (χ4v) is 4.14. The molecule has 0 spiro atoms. The van der Waals surface area contributed by atoms with Gasteiger partial charge in [-0.3, -0.25) is 14.9 Å². The highest BCUT2D eigenvalue weighted by Crippen LogP contribution is 2.28. The number of aryl methyl sites for hydroxylation is 1. The van der Waals surface area contributed by atoms with Gasteiger partial charge in [-0.25, -0.2) is 12.8 Å². The maximum absolute atomic E-state index is 13.3. The number of nitro groups is 1. The van der Waals surface area contributed by atoms with E-state index < -0.39 is 38.2 Å². The lowest BCUT2D eigenvalue weighted by Crippen LogP contribution is -2.30. The summed E-state index contributed by atoms with van der Waals surface area (Å²) in [5.74, 6) is -1.98. The van der Waals surface area contributed by atoms with Gasteiger partial charge in [0.05, 0.1) is 9.82 Å². The first-order valence-corrected chi connectivity index (χ1v) is 10.4. The molecule has 0 saturated heterocycles. The molecule has 0 aromatic heterocycles. The van der Waals surface area contributed by atoms with Crippen molar-refractivity contribution in [3.05, 3.63) is 64.0 Å². The number of ether oxygens (including phenoxy) is 1. The Morgan fingerprint density at radius 2 is 1.76 bits per heavy atom. The molecule has 0 saturated carbocycles. The van der Waals surface area contributed by atoms with Gasteiger partial charge < -0.3 is 4.74 Å². The molecule has 0 N–H and O–H groups in total. The third kappa shape index (κ3) is 5.58. The Morgan fingerprint density at radius 1 is 1.14 bits per heavy atom. The van der Waals surface area contributed by atoms with Crippen LogP contribution in [0.1, 0.15) is 25.8 Å². The molecule has 0 heterocycles. The average Bonchev–Trinajstić information content (AvgIpc) is 2.67. The SMILES string of the molecule is CCN(CC)S(=O)(=O)c1ccc(CCC(=O)Oc2cc(F)ccc2[N+](=O)[O-])cc1. The molecule has 0 aliphatic carbocycles. The van der Waals surface area contributed by atoms with Crippen molar-refractivity contribution in [3.8, 4) is 5.75 Å². The van der Waals surface area contributed by atoms with E-state index in [1.807, 2.05) is 0 Å². The van der Waals surface area contributed by atoms with Crippen LogP contribution in [0.4, 0.5) is 10.1 Å². The van der Waals surface area contributed by atoms with Crippen molar-refractivity contribution in [1.82, 2.24) is 4.31 Å². The summed E-state index contributed by atoms with van der Waals surface area (Å²) in [4.78, 5) is 22.3. The van der Waals surface area contributed by atoms with Gasteiger partial charge in [-0.05, 0) is 30.2 Å². The molecule has 0 radical (unpaired) electrons. The van der Waals surface area contributed by atoms with Crippen LogP contribution in [0.15, 0.2) is 47.4 Å². The summed E-state index contributed by atoms with van der Waals surface area (Å²) >= 11 is 0. The number of benzene rings is 2. The van der Waals surface area contributed by atoms with E-state index in [0.29, 0.717) is 18.7 Å². The van der Waals surface area contributed by atoms with Gasteiger partial charge >= 0.3 is 11.7 Å². The van der Waals surface area contributed by atoms with Crippen LogP contribution in [-0.2, 0) is 21.2 Å². The third-order valence-electron chi connectivity index (χ3n) is 4.23. The zero-order valence-electron chi connectivity index (χ0n) is 16.0. The second kappa shape index (κ2) is 9.57. The number of carbonyl (C=O) groups is 1. The molecule has 2 aromatic carbocycles. The molecular weight excluding hydrogens is 403 g/mol. The lowest BCUT2D eigenvalue weighted by atomic mass is 10.1. The van der Waals surface area contributed by atoms with Crippen molar-refractivity contribution in [2.24, 2.45) is 0 Å². The minimum Gasteiger partial charge on any atom is -0.419 e. The van der Waals surface area contributed by atoms with Gasteiger partial charge in [0.1, 0.15) is 5.82 Å². The van der Waals surface area contributed by atoms with Gasteiger partial charge in [-0.15, -0.1) is 0 Å². The fraction of sp³-hybridized carbons (Fsp3) is 0.316. The highest BCUT2D eigenvalue weighted by molar-refractivity contribution is 7.89. The summed E-state index contributed by atoms with van der Waals surface area (Å²) in [6.07, 6.45) is 0.114. The lowest BCUT2D eigenvalue weighted by Gasteiger charge is -2.18. The van der Waals surface area contributed by atoms with Crippen molar-refractivity contribution >= 4 is 21.7 Å². The molecule has 156 valence electrons. The third-order valence-corrected chi connectivity index (χ3v) is 6.29. The van der Waals surface area contributed by atoms with E-state index in [4.69, 9.17) is 4.74 Å². The Hall–Kier alpha value is -2.85. The second-order valence-electron chi connectivity index (χ2n) is 6.08. The van der Waals surface area contributed by atoms with E-state index in [-0.39, 0.29) is 17.7 Å². The van der Waals surface area contributed by atoms with E-state index in [1.165, 1.54) is 16.4 Å². The predicted octanol–water partition coefficient (Wildman–Crippen LogP) is 3.30. The second-order valence-corrected chi connectivity index (χ2v) is 8.01. The molecule has 10 heteroatoms. The minimum absolute atomic E-state index is 0.115. The Balaban J connectivity index is 2.03. The van der Waals surface area contributed by atoms with E-state index >= 15 is 0 Å². The van der Waals surface area contributed by atoms with Gasteiger partial charge in [-0.2, -0.15) is 4.31 Å². The normalized spacial score (nSPS) is 11.4. The Morgan fingerprint density at radius 3 is 2.31 bits per heavy atom. The van der Waals surface area contributed by atoms with Crippen molar-refractivity contribution in [2.45, 2.75) is 31.6 Å². The number of nitrogens with zero attached hydrogens (tertiary/aromatic N) is 2. The average molecular weight is 424 g/mol. The summed E-state index contributed by atoms with van der Waals surface area (Å²) in [5, 5.41) is 10.9. The number of carbonyl (C=O) groups excluding carboxylic acids is 1. The van der Waals surface area contributed by atoms with Crippen molar-refractivity contribution in [1.29, 1.82) is 0 Å². The fourth-order valence-electron chi connectivity index (χ4n) is 2.68. The van der Waals surface area contributed by atoms with Crippen molar-refractivity contribution < 1.29 is 27.3 Å². The Bertz CT molecular complexity index is 988. The summed E-state index contributed by atoms with van der Waals surface area (Å²) in [7, 11) is -3.56. The van der Waals surface area contributed by atoms with Crippen LogP contribution in [0.5, 0.6) is 5.75 Å². The molecule has 29 heavy (non-hydrogen) atoms. The van der Waals surface area contributed by atoms with Crippen molar-refractivity contribution in [3.63, 3.8) is 0 Å². The molecule has 0 atom stereocenters. The highest BCUT2D eigenvalue weighted by Gasteiger charge is 2.22. The first-order valence-electron chi connectivity index (χ1n) is 8.92. The Kier molecular flexibility index (Phi) is 7.40. The number of esters is 1. The van der Waals surface area contributed by atoms with Gasteiger partial charge in [0.25, 0.3) is 0 Å². The number of halogens is 1. The standard InChI is InChI=1S/C19H21FN2O6S/c1-3-21(4-2)29(26,27)16-9-5-14(6-10-16)7-12-19(23)28-18-13-15(20)8-11-17(18)22(24)25/h5-6,8-11,13H,3-4,7,12H2,1-2H3. The predicted molar refractivity (Wildman–Crippen MR) is 104 cm³/mol. The van der Waals surface area contributed by atoms with Crippen LogP contribution in [0.3, 0.4) is 0 Å². The molecule has 0 unspecified atom stereocenters. The zero-order chi connectivity index (χ0) is 21.6. The first-order chi connectivity index (χ1) is 13.7. The minimum atomic E-state index is -3.56. The van der Waals surface area contributed by atoms with Crippen LogP contribution in [0, 0.1) is 15.9 Å². The quantitative estimate of drug-likeness (QED) is 0.265. The van der Waals surface area contributed by atoms with E-state index in [1.54, 1.807) is 26.0 Å². The topological polar surface area (TPSA) is 107 Å². The Labute approximate surface area is 168 Å². The molecular formula is C19H21FN2O6S. The molecule has 2 rings (SSSR count). The van der Waals surface area contributed by atoms with Crippen LogP contribution in [-0.4, -0.2) is 36.7 Å². The molecule has 0 amide bonds. The molecule has 0 bridgehead atoms. The molecule has 0 aliphatic rings. The van der Waals surface area contributed by atoms with Crippen LogP contribution in [0.2, 0.25) is 0 Å². The van der Waals surface area contributed by atoms with E-state index in [9.17, 15) is 27.7 Å². The van der Waals surface area contributed by atoms with Crippen LogP contribution in [0.25, 0.3) is 0 Å². The summed E-state index contributed by atoms with van der Waals surface area (Å²) < 4.78 is 44.5. The van der Waals surface area contributed by atoms with Gasteiger partial charge in [0, 0.05) is 31.6 Å². The van der Waals surface area contributed by atoms with Gasteiger partial charge in [0.2, 0.25) is 15.8 Å². The maximum atomic E-state index is 13.3. The molecule has 2 aromatic rings. The summed E-state index contributed by atoms with van der Waals surface area (Å²) in [5.41, 5.74) is 0.180. The number of rotatable bonds is 9. The summed E-state index contributed by atoms with van der Waals surface area (Å²) in [6, 6.07) is 8.72. The number of nitro benzene ring substituents is 1. The maximum Gasteiger partial charge on any atom is 0.311 e. The molecule has 0 aliphatic heterocycles. The first kappa shape index (κ1) is 22.4. The largest absolute Gasteiger partial charge is 0.419 e. The zero-order valence-corrected chi connectivity index (χ0v) is 16.8. The van der Waals surface area contributed by atoms with E-state index in [0.717, 1.165) is 18.2 Å². The van der Waals surface area contributed by atoms with Crippen LogP contribution < -0.4 is 4.74 Å². The number of sulfonamides is 1. The number of hydrogen-bond acceptors (Lipinski definition) is 6. The number of hydrogen-bond donors (Lipinski definition) is 0. The molecule has 0 fully saturated rings. The van der Waals surface area contributed by atoms with E-state index in [2.05, 4.69) is 0 Å². The summed E-state index contributed by atoms with van der Waals surface area (Å²) in [6.45, 7) is 4.23. The van der Waals surface area contributed by atoms with Gasteiger partial charge in [0.15, 0.2) is 0 Å².